The van der Waals surface area contributed by atoms with E-state index < -0.39 is 0 Å². The fraction of sp³-hybridized carbons (Fsp3) is 0.133. The Morgan fingerprint density at radius 2 is 0.903 bits per heavy atom. The van der Waals surface area contributed by atoms with E-state index in [1.54, 1.807) is 0 Å². The van der Waals surface area contributed by atoms with Crippen LogP contribution in [0.4, 0.5) is 17.1 Å². The third-order valence-electron chi connectivity index (χ3n) is 6.15. The van der Waals surface area contributed by atoms with Gasteiger partial charge in [-0.05, 0) is 94.0 Å². The molecule has 1 heteroatoms. The molecule has 0 radical (unpaired) electrons. The first-order valence-corrected chi connectivity index (χ1v) is 11.2. The lowest BCUT2D eigenvalue weighted by Gasteiger charge is -2.26. The predicted octanol–water partition coefficient (Wildman–Crippen LogP) is 8.59. The van der Waals surface area contributed by atoms with Crippen molar-refractivity contribution < 1.29 is 0 Å². The van der Waals surface area contributed by atoms with Gasteiger partial charge in [-0.15, -0.1) is 0 Å². The van der Waals surface area contributed by atoms with Crippen molar-refractivity contribution in [2.45, 2.75) is 26.7 Å². The number of anilines is 3. The second-order valence-corrected chi connectivity index (χ2v) is 8.11. The summed E-state index contributed by atoms with van der Waals surface area (Å²) < 4.78 is 0. The van der Waals surface area contributed by atoms with Gasteiger partial charge >= 0.3 is 0 Å². The largest absolute Gasteiger partial charge is 0.310 e. The molecular formula is C30H27N. The maximum atomic E-state index is 2.35. The van der Waals surface area contributed by atoms with Crippen molar-refractivity contribution in [3.05, 3.63) is 114 Å². The highest BCUT2D eigenvalue weighted by Gasteiger charge is 2.13. The van der Waals surface area contributed by atoms with Crippen molar-refractivity contribution in [2.75, 3.05) is 4.90 Å². The van der Waals surface area contributed by atoms with Gasteiger partial charge in [-0.1, -0.05) is 68.4 Å². The normalized spacial score (nSPS) is 11.2. The maximum absolute atomic E-state index is 2.35. The fourth-order valence-corrected chi connectivity index (χ4v) is 4.28. The van der Waals surface area contributed by atoms with E-state index in [0.29, 0.717) is 0 Å². The second kappa shape index (κ2) is 8.28. The van der Waals surface area contributed by atoms with Crippen molar-refractivity contribution in [1.29, 1.82) is 0 Å². The molecule has 5 rings (SSSR count). The van der Waals surface area contributed by atoms with Gasteiger partial charge in [-0.2, -0.15) is 0 Å². The van der Waals surface area contributed by atoms with E-state index in [1.807, 2.05) is 0 Å². The zero-order chi connectivity index (χ0) is 21.2. The average molecular weight is 402 g/mol. The highest BCUT2D eigenvalue weighted by atomic mass is 15.1. The molecule has 0 unspecified atom stereocenters. The SMILES string of the molecule is CCc1ccc(N(c2ccc(CC)cc2)c2ccc3cc4ccccc4cc3c2)cc1. The summed E-state index contributed by atoms with van der Waals surface area (Å²) in [6.07, 6.45) is 2.10. The number of hydrogen-bond donors (Lipinski definition) is 0. The number of hydrogen-bond acceptors (Lipinski definition) is 1. The van der Waals surface area contributed by atoms with Gasteiger partial charge in [-0.3, -0.25) is 0 Å². The van der Waals surface area contributed by atoms with E-state index in [-0.39, 0.29) is 0 Å². The van der Waals surface area contributed by atoms with Crippen LogP contribution in [0, 0.1) is 0 Å². The number of benzene rings is 5. The van der Waals surface area contributed by atoms with E-state index in [0.717, 1.165) is 12.8 Å². The molecule has 0 aliphatic heterocycles. The van der Waals surface area contributed by atoms with Crippen molar-refractivity contribution >= 4 is 38.6 Å². The Morgan fingerprint density at radius 3 is 1.42 bits per heavy atom. The number of aryl methyl sites for hydroxylation is 2. The van der Waals surface area contributed by atoms with Crippen LogP contribution in [-0.2, 0) is 12.8 Å². The first kappa shape index (κ1) is 19.4. The van der Waals surface area contributed by atoms with Gasteiger partial charge in [-0.25, -0.2) is 0 Å². The quantitative estimate of drug-likeness (QED) is 0.267. The monoisotopic (exact) mass is 401 g/mol. The molecule has 0 bridgehead atoms. The molecule has 0 N–H and O–H groups in total. The molecule has 0 fully saturated rings. The Labute approximate surface area is 184 Å². The minimum atomic E-state index is 1.05. The van der Waals surface area contributed by atoms with Crippen LogP contribution in [0.5, 0.6) is 0 Å². The maximum Gasteiger partial charge on any atom is 0.0468 e. The van der Waals surface area contributed by atoms with Crippen LogP contribution in [0.25, 0.3) is 21.5 Å². The number of fused-ring (bicyclic) bond motifs is 2. The molecule has 0 heterocycles. The van der Waals surface area contributed by atoms with Gasteiger partial charge in [0.15, 0.2) is 0 Å². The third kappa shape index (κ3) is 3.80. The lowest BCUT2D eigenvalue weighted by Crippen LogP contribution is -2.10. The van der Waals surface area contributed by atoms with Gasteiger partial charge in [0, 0.05) is 17.1 Å². The summed E-state index contributed by atoms with van der Waals surface area (Å²) in [5, 5.41) is 5.09. The molecule has 0 spiro atoms. The molecule has 31 heavy (non-hydrogen) atoms. The van der Waals surface area contributed by atoms with Crippen molar-refractivity contribution in [3.8, 4) is 0 Å². The second-order valence-electron chi connectivity index (χ2n) is 8.11. The van der Waals surface area contributed by atoms with Crippen LogP contribution in [0.3, 0.4) is 0 Å². The van der Waals surface area contributed by atoms with Gasteiger partial charge in [0.25, 0.3) is 0 Å². The van der Waals surface area contributed by atoms with Gasteiger partial charge in [0.2, 0.25) is 0 Å². The molecule has 0 aliphatic rings. The summed E-state index contributed by atoms with van der Waals surface area (Å²) in [5.41, 5.74) is 6.25. The summed E-state index contributed by atoms with van der Waals surface area (Å²) in [6, 6.07) is 37.8. The standard InChI is InChI=1S/C30H27N/c1-3-22-9-14-28(15-10-22)31(29-16-11-23(4-2)12-17-29)30-18-13-26-19-24-7-5-6-8-25(24)20-27(26)21-30/h5-21H,3-4H2,1-2H3. The zero-order valence-electron chi connectivity index (χ0n) is 18.2. The Hall–Kier alpha value is -3.58. The lowest BCUT2D eigenvalue weighted by molar-refractivity contribution is 1.13. The van der Waals surface area contributed by atoms with Gasteiger partial charge in [0.1, 0.15) is 0 Å². The third-order valence-corrected chi connectivity index (χ3v) is 6.15. The van der Waals surface area contributed by atoms with Crippen molar-refractivity contribution in [1.82, 2.24) is 0 Å². The van der Waals surface area contributed by atoms with Crippen LogP contribution < -0.4 is 4.90 Å². The average Bonchev–Trinajstić information content (AvgIpc) is 2.83. The zero-order valence-corrected chi connectivity index (χ0v) is 18.2. The molecule has 152 valence electrons. The molecule has 5 aromatic carbocycles. The molecular weight excluding hydrogens is 374 g/mol. The minimum Gasteiger partial charge on any atom is -0.310 e. The van der Waals surface area contributed by atoms with Crippen molar-refractivity contribution in [3.63, 3.8) is 0 Å². The summed E-state index contributed by atoms with van der Waals surface area (Å²) in [4.78, 5) is 2.35. The number of nitrogens with zero attached hydrogens (tertiary/aromatic N) is 1. The Bertz CT molecular complexity index is 1280. The van der Waals surface area contributed by atoms with Crippen LogP contribution in [0.2, 0.25) is 0 Å². The predicted molar refractivity (Wildman–Crippen MR) is 135 cm³/mol. The van der Waals surface area contributed by atoms with E-state index in [4.69, 9.17) is 0 Å². The molecule has 0 saturated carbocycles. The first-order chi connectivity index (χ1) is 15.2. The molecule has 0 saturated heterocycles. The van der Waals surface area contributed by atoms with E-state index in [2.05, 4.69) is 122 Å². The summed E-state index contributed by atoms with van der Waals surface area (Å²) >= 11 is 0. The molecule has 0 aliphatic carbocycles. The Morgan fingerprint density at radius 1 is 0.452 bits per heavy atom. The molecule has 5 aromatic rings. The highest BCUT2D eigenvalue weighted by Crippen LogP contribution is 2.37. The molecule has 1 nitrogen and oxygen atoms in total. The van der Waals surface area contributed by atoms with E-state index >= 15 is 0 Å². The van der Waals surface area contributed by atoms with Gasteiger partial charge < -0.3 is 4.90 Å². The minimum absolute atomic E-state index is 1.05. The van der Waals surface area contributed by atoms with Crippen LogP contribution in [-0.4, -0.2) is 0 Å². The van der Waals surface area contributed by atoms with Crippen LogP contribution >= 0.6 is 0 Å². The highest BCUT2D eigenvalue weighted by molar-refractivity contribution is 6.00. The topological polar surface area (TPSA) is 3.24 Å². The summed E-state index contributed by atoms with van der Waals surface area (Å²) in [5.74, 6) is 0. The smallest absolute Gasteiger partial charge is 0.0468 e. The summed E-state index contributed by atoms with van der Waals surface area (Å²) in [7, 11) is 0. The molecule has 0 aromatic heterocycles. The molecule has 0 amide bonds. The first-order valence-electron chi connectivity index (χ1n) is 11.2. The van der Waals surface area contributed by atoms with Gasteiger partial charge in [0.05, 0.1) is 0 Å². The number of rotatable bonds is 5. The Balaban J connectivity index is 1.66. The van der Waals surface area contributed by atoms with Crippen LogP contribution in [0.15, 0.2) is 103 Å². The molecule has 0 atom stereocenters. The van der Waals surface area contributed by atoms with E-state index in [9.17, 15) is 0 Å². The Kier molecular flexibility index (Phi) is 5.18. The summed E-state index contributed by atoms with van der Waals surface area (Å²) in [6.45, 7) is 4.40. The van der Waals surface area contributed by atoms with Crippen LogP contribution in [0.1, 0.15) is 25.0 Å². The van der Waals surface area contributed by atoms with E-state index in [1.165, 1.54) is 49.7 Å². The fourth-order valence-electron chi connectivity index (χ4n) is 4.28. The van der Waals surface area contributed by atoms with Crippen molar-refractivity contribution in [2.24, 2.45) is 0 Å². The lowest BCUT2D eigenvalue weighted by atomic mass is 10.0.